The van der Waals surface area contributed by atoms with E-state index in [0.717, 1.165) is 6.42 Å². The fourth-order valence-corrected chi connectivity index (χ4v) is 3.25. The van der Waals surface area contributed by atoms with Crippen molar-refractivity contribution >= 4 is 0 Å². The summed E-state index contributed by atoms with van der Waals surface area (Å²) in [6.45, 7) is 11.1. The van der Waals surface area contributed by atoms with Crippen LogP contribution in [0.2, 0.25) is 0 Å². The van der Waals surface area contributed by atoms with Gasteiger partial charge < -0.3 is 4.74 Å². The molecule has 0 bridgehead atoms. The first-order valence-corrected chi connectivity index (χ1v) is 5.84. The fraction of sp³-hybridized carbons (Fsp3) is 0.846. The Labute approximate surface area is 87.5 Å². The highest BCUT2D eigenvalue weighted by atomic mass is 16.5. The van der Waals surface area contributed by atoms with E-state index in [9.17, 15) is 0 Å². The van der Waals surface area contributed by atoms with E-state index in [1.807, 2.05) is 0 Å². The molecule has 1 heterocycles. The molecule has 0 unspecified atom stereocenters. The zero-order valence-corrected chi connectivity index (χ0v) is 9.73. The van der Waals surface area contributed by atoms with E-state index < -0.39 is 0 Å². The molecule has 2 fully saturated rings. The van der Waals surface area contributed by atoms with Crippen molar-refractivity contribution in [3.05, 3.63) is 12.2 Å². The summed E-state index contributed by atoms with van der Waals surface area (Å²) >= 11 is 0. The van der Waals surface area contributed by atoms with Gasteiger partial charge in [-0.05, 0) is 50.0 Å². The van der Waals surface area contributed by atoms with Crippen LogP contribution in [0.25, 0.3) is 0 Å². The van der Waals surface area contributed by atoms with Gasteiger partial charge in [-0.1, -0.05) is 20.4 Å². The molecule has 1 saturated heterocycles. The topological polar surface area (TPSA) is 9.23 Å². The highest BCUT2D eigenvalue weighted by Gasteiger charge is 2.53. The third-order valence-electron chi connectivity index (χ3n) is 4.25. The molecule has 0 radical (unpaired) electrons. The van der Waals surface area contributed by atoms with Crippen LogP contribution in [0.15, 0.2) is 12.2 Å². The molecule has 0 aromatic heterocycles. The Balaban J connectivity index is 2.32. The number of ether oxygens (including phenoxy) is 1. The van der Waals surface area contributed by atoms with Gasteiger partial charge in [0, 0.05) is 0 Å². The van der Waals surface area contributed by atoms with Gasteiger partial charge in [-0.3, -0.25) is 0 Å². The van der Waals surface area contributed by atoms with Crippen molar-refractivity contribution in [2.45, 2.75) is 64.6 Å². The van der Waals surface area contributed by atoms with E-state index in [0.29, 0.717) is 6.10 Å². The van der Waals surface area contributed by atoms with Crippen LogP contribution in [0.4, 0.5) is 0 Å². The summed E-state index contributed by atoms with van der Waals surface area (Å²) in [6, 6.07) is 0. The third-order valence-corrected chi connectivity index (χ3v) is 4.25. The van der Waals surface area contributed by atoms with Gasteiger partial charge in [0.2, 0.25) is 0 Å². The molecule has 1 saturated carbocycles. The largest absolute Gasteiger partial charge is 0.367 e. The fourth-order valence-electron chi connectivity index (χ4n) is 3.25. The Kier molecular flexibility index (Phi) is 2.26. The van der Waals surface area contributed by atoms with Crippen LogP contribution >= 0.6 is 0 Å². The second-order valence-corrected chi connectivity index (χ2v) is 5.64. The molecule has 14 heavy (non-hydrogen) atoms. The van der Waals surface area contributed by atoms with Gasteiger partial charge in [0.05, 0.1) is 11.7 Å². The summed E-state index contributed by atoms with van der Waals surface area (Å²) in [5.74, 6) is 0. The van der Waals surface area contributed by atoms with E-state index in [1.54, 1.807) is 0 Å². The van der Waals surface area contributed by atoms with Crippen molar-refractivity contribution in [1.82, 2.24) is 0 Å². The minimum atomic E-state index is 0.00463. The highest BCUT2D eigenvalue weighted by molar-refractivity contribution is 5.23. The zero-order chi connectivity index (χ0) is 10.4. The van der Waals surface area contributed by atoms with Crippen LogP contribution < -0.4 is 0 Å². The number of hydrogen-bond acceptors (Lipinski definition) is 1. The van der Waals surface area contributed by atoms with Crippen molar-refractivity contribution in [2.75, 3.05) is 0 Å². The van der Waals surface area contributed by atoms with Crippen LogP contribution in [0, 0.1) is 5.41 Å². The Hall–Kier alpha value is -0.300. The lowest BCUT2D eigenvalue weighted by atomic mass is 9.62. The standard InChI is InChI=1S/C13H22O/c1-10-6-5-8-12(3,4)13(10)9-7-11(2)14-13/h11H,1,5-9H2,2-4H3/t11-,13-/m1/s1. The SMILES string of the molecule is C=C1CCCC(C)(C)[C@@]12CC[C@@H](C)O2. The molecular formula is C13H22O. The lowest BCUT2D eigenvalue weighted by molar-refractivity contribution is -0.0985. The smallest absolute Gasteiger partial charge is 0.0944 e. The minimum Gasteiger partial charge on any atom is -0.367 e. The lowest BCUT2D eigenvalue weighted by Crippen LogP contribution is -2.48. The molecule has 0 N–H and O–H groups in total. The van der Waals surface area contributed by atoms with E-state index in [4.69, 9.17) is 4.74 Å². The highest BCUT2D eigenvalue weighted by Crippen LogP contribution is 2.54. The van der Waals surface area contributed by atoms with Gasteiger partial charge in [-0.2, -0.15) is 0 Å². The quantitative estimate of drug-likeness (QED) is 0.534. The van der Waals surface area contributed by atoms with Crippen molar-refractivity contribution in [2.24, 2.45) is 5.41 Å². The second-order valence-electron chi connectivity index (χ2n) is 5.64. The van der Waals surface area contributed by atoms with Gasteiger partial charge in [0.25, 0.3) is 0 Å². The molecule has 2 rings (SSSR count). The van der Waals surface area contributed by atoms with Gasteiger partial charge in [-0.25, -0.2) is 0 Å². The monoisotopic (exact) mass is 194 g/mol. The first kappa shape index (κ1) is 10.2. The van der Waals surface area contributed by atoms with E-state index in [2.05, 4.69) is 27.4 Å². The molecule has 80 valence electrons. The minimum absolute atomic E-state index is 0.00463. The van der Waals surface area contributed by atoms with E-state index in [1.165, 1.54) is 31.3 Å². The lowest BCUT2D eigenvalue weighted by Gasteiger charge is -2.49. The summed E-state index contributed by atoms with van der Waals surface area (Å²) in [5, 5.41) is 0. The Morgan fingerprint density at radius 2 is 2.07 bits per heavy atom. The Bertz CT molecular complexity index is 254. The van der Waals surface area contributed by atoms with Crippen molar-refractivity contribution in [3.8, 4) is 0 Å². The third kappa shape index (κ3) is 1.25. The molecule has 0 amide bonds. The average Bonchev–Trinajstić information content (AvgIpc) is 2.46. The molecule has 1 aliphatic carbocycles. The Morgan fingerprint density at radius 1 is 1.36 bits per heavy atom. The molecule has 1 nitrogen and oxygen atoms in total. The van der Waals surface area contributed by atoms with E-state index >= 15 is 0 Å². The van der Waals surface area contributed by atoms with Crippen LogP contribution in [0.1, 0.15) is 52.9 Å². The predicted molar refractivity (Wildman–Crippen MR) is 59.3 cm³/mol. The average molecular weight is 194 g/mol. The number of rotatable bonds is 0. The van der Waals surface area contributed by atoms with Crippen molar-refractivity contribution in [3.63, 3.8) is 0 Å². The molecular weight excluding hydrogens is 172 g/mol. The maximum atomic E-state index is 6.22. The zero-order valence-electron chi connectivity index (χ0n) is 9.73. The maximum Gasteiger partial charge on any atom is 0.0944 e. The molecule has 2 atom stereocenters. The maximum absolute atomic E-state index is 6.22. The Morgan fingerprint density at radius 3 is 2.57 bits per heavy atom. The van der Waals surface area contributed by atoms with E-state index in [-0.39, 0.29) is 11.0 Å². The summed E-state index contributed by atoms with van der Waals surface area (Å²) in [4.78, 5) is 0. The van der Waals surface area contributed by atoms with Gasteiger partial charge in [0.1, 0.15) is 0 Å². The summed E-state index contributed by atoms with van der Waals surface area (Å²) in [7, 11) is 0. The first-order valence-electron chi connectivity index (χ1n) is 5.84. The van der Waals surface area contributed by atoms with Crippen LogP contribution in [0.5, 0.6) is 0 Å². The summed E-state index contributed by atoms with van der Waals surface area (Å²) in [6.07, 6.45) is 6.52. The molecule has 0 aromatic carbocycles. The number of hydrogen-bond donors (Lipinski definition) is 0. The van der Waals surface area contributed by atoms with Crippen LogP contribution in [-0.2, 0) is 4.74 Å². The molecule has 0 aromatic rings. The summed E-state index contributed by atoms with van der Waals surface area (Å²) in [5.41, 5.74) is 1.63. The van der Waals surface area contributed by atoms with Crippen molar-refractivity contribution in [1.29, 1.82) is 0 Å². The molecule has 2 aliphatic rings. The summed E-state index contributed by atoms with van der Waals surface area (Å²) < 4.78 is 6.22. The first-order chi connectivity index (χ1) is 6.48. The van der Waals surface area contributed by atoms with Crippen molar-refractivity contribution < 1.29 is 4.74 Å². The second kappa shape index (κ2) is 3.10. The van der Waals surface area contributed by atoms with Crippen LogP contribution in [0.3, 0.4) is 0 Å². The molecule has 1 aliphatic heterocycles. The van der Waals surface area contributed by atoms with Gasteiger partial charge in [0.15, 0.2) is 0 Å². The van der Waals surface area contributed by atoms with Crippen LogP contribution in [-0.4, -0.2) is 11.7 Å². The molecule has 1 heteroatoms. The van der Waals surface area contributed by atoms with Gasteiger partial charge in [-0.15, -0.1) is 0 Å². The van der Waals surface area contributed by atoms with Gasteiger partial charge >= 0.3 is 0 Å². The molecule has 1 spiro atoms. The normalized spacial score (nSPS) is 41.9. The predicted octanol–water partition coefficient (Wildman–Crippen LogP) is 3.69.